The molecule has 3 aromatic rings. The van der Waals surface area contributed by atoms with Crippen LogP contribution in [0.4, 0.5) is 33.7 Å². The van der Waals surface area contributed by atoms with Crippen LogP contribution in [0.3, 0.4) is 0 Å². The Labute approximate surface area is 175 Å². The molecule has 0 atom stereocenters. The van der Waals surface area contributed by atoms with Gasteiger partial charge in [0, 0.05) is 30.3 Å². The van der Waals surface area contributed by atoms with Gasteiger partial charge in [-0.1, -0.05) is 12.1 Å². The monoisotopic (exact) mass is 438 g/mol. The zero-order valence-electron chi connectivity index (χ0n) is 16.6. The molecule has 5 nitrogen and oxygen atoms in total. The first-order valence-corrected chi connectivity index (χ1v) is 9.28. The highest BCUT2D eigenvalue weighted by molar-refractivity contribution is 5.66. The molecule has 0 bridgehead atoms. The van der Waals surface area contributed by atoms with E-state index < -0.39 is 18.0 Å². The Hall–Kier alpha value is -3.43. The summed E-state index contributed by atoms with van der Waals surface area (Å²) in [6, 6.07) is 10.0. The quantitative estimate of drug-likeness (QED) is 0.460. The van der Waals surface area contributed by atoms with Crippen LogP contribution < -0.4 is 15.4 Å². The second-order valence-corrected chi connectivity index (χ2v) is 6.97. The highest BCUT2D eigenvalue weighted by Gasteiger charge is 2.31. The lowest BCUT2D eigenvalue weighted by molar-refractivity contribution is -0.274. The topological polar surface area (TPSA) is 59.1 Å². The van der Waals surface area contributed by atoms with Gasteiger partial charge in [-0.3, -0.25) is 0 Å². The minimum atomic E-state index is -4.82. The second-order valence-electron chi connectivity index (χ2n) is 6.97. The van der Waals surface area contributed by atoms with Gasteiger partial charge in [-0.25, -0.2) is 13.8 Å². The van der Waals surface area contributed by atoms with Crippen LogP contribution >= 0.6 is 0 Å². The van der Waals surface area contributed by atoms with Crippen LogP contribution in [0.25, 0.3) is 11.3 Å². The van der Waals surface area contributed by atoms with Gasteiger partial charge in [-0.15, -0.1) is 13.2 Å². The lowest BCUT2D eigenvalue weighted by Crippen LogP contribution is -2.17. The van der Waals surface area contributed by atoms with Gasteiger partial charge in [0.1, 0.15) is 23.2 Å². The molecule has 0 aliphatic heterocycles. The Morgan fingerprint density at radius 3 is 2.32 bits per heavy atom. The van der Waals surface area contributed by atoms with Gasteiger partial charge in [-0.2, -0.15) is 4.98 Å². The second kappa shape index (κ2) is 9.15. The predicted octanol–water partition coefficient (Wildman–Crippen LogP) is 5.75. The summed E-state index contributed by atoms with van der Waals surface area (Å²) < 4.78 is 68.4. The van der Waals surface area contributed by atoms with Crippen LogP contribution in [-0.2, 0) is 6.54 Å². The lowest BCUT2D eigenvalue weighted by Gasteiger charge is -2.14. The normalized spacial score (nSPS) is 11.5. The van der Waals surface area contributed by atoms with E-state index in [0.29, 0.717) is 22.6 Å². The van der Waals surface area contributed by atoms with Gasteiger partial charge in [0.2, 0.25) is 5.95 Å². The Morgan fingerprint density at radius 2 is 1.68 bits per heavy atom. The fraction of sp³-hybridized carbons (Fsp3) is 0.238. The number of nitrogens with zero attached hydrogens (tertiary/aromatic N) is 2. The third-order valence-electron chi connectivity index (χ3n) is 3.90. The molecule has 0 spiro atoms. The molecule has 0 radical (unpaired) electrons. The van der Waals surface area contributed by atoms with E-state index >= 15 is 0 Å². The van der Waals surface area contributed by atoms with E-state index in [0.717, 1.165) is 6.07 Å². The Balaban J connectivity index is 1.90. The van der Waals surface area contributed by atoms with E-state index in [9.17, 15) is 22.0 Å². The van der Waals surface area contributed by atoms with Gasteiger partial charge in [0.05, 0.1) is 5.69 Å². The number of aromatic nitrogens is 2. The standard InChI is InChI=1S/C21H19F5N4O/c1-12(2)28-20-29-18(14-4-3-5-17(8-14)31-21(24,25)26)10-19(30-20)27-11-13-6-15(22)9-16(23)7-13/h3-10,12H,11H2,1-2H3,(H2,27,28,29,30). The van der Waals surface area contributed by atoms with E-state index in [4.69, 9.17) is 0 Å². The molecule has 164 valence electrons. The van der Waals surface area contributed by atoms with Crippen molar-refractivity contribution in [1.82, 2.24) is 9.97 Å². The number of rotatable bonds is 7. The fourth-order valence-electron chi connectivity index (χ4n) is 2.77. The average molecular weight is 438 g/mol. The van der Waals surface area contributed by atoms with Crippen molar-refractivity contribution >= 4 is 11.8 Å². The molecule has 1 heterocycles. The van der Waals surface area contributed by atoms with E-state index in [1.54, 1.807) is 6.07 Å². The average Bonchev–Trinajstić information content (AvgIpc) is 2.64. The molecule has 3 rings (SSSR count). The van der Waals surface area contributed by atoms with Crippen LogP contribution in [0.1, 0.15) is 19.4 Å². The van der Waals surface area contributed by atoms with E-state index in [-0.39, 0.29) is 24.3 Å². The molecule has 0 aliphatic carbocycles. The van der Waals surface area contributed by atoms with Crippen molar-refractivity contribution in [2.45, 2.75) is 32.8 Å². The highest BCUT2D eigenvalue weighted by atomic mass is 19.4. The first-order valence-electron chi connectivity index (χ1n) is 9.28. The number of alkyl halides is 3. The van der Waals surface area contributed by atoms with E-state index in [1.807, 2.05) is 13.8 Å². The predicted molar refractivity (Wildman–Crippen MR) is 107 cm³/mol. The Kier molecular flexibility index (Phi) is 6.57. The molecule has 0 fully saturated rings. The SMILES string of the molecule is CC(C)Nc1nc(NCc2cc(F)cc(F)c2)cc(-c2cccc(OC(F)(F)F)c2)n1. The molecule has 0 aliphatic rings. The first kappa shape index (κ1) is 22.3. The smallest absolute Gasteiger partial charge is 0.406 e. The number of ether oxygens (including phenoxy) is 1. The molecule has 2 N–H and O–H groups in total. The zero-order valence-corrected chi connectivity index (χ0v) is 16.6. The first-order chi connectivity index (χ1) is 14.6. The van der Waals surface area contributed by atoms with Crippen LogP contribution in [0.15, 0.2) is 48.5 Å². The summed E-state index contributed by atoms with van der Waals surface area (Å²) in [7, 11) is 0. The van der Waals surface area contributed by atoms with Crippen molar-refractivity contribution in [3.8, 4) is 17.0 Å². The molecule has 0 amide bonds. The molecule has 2 aromatic carbocycles. The number of anilines is 2. The zero-order chi connectivity index (χ0) is 22.6. The van der Waals surface area contributed by atoms with E-state index in [2.05, 4.69) is 25.3 Å². The molecule has 1 aromatic heterocycles. The number of hydrogen-bond donors (Lipinski definition) is 2. The molecule has 31 heavy (non-hydrogen) atoms. The maximum atomic E-state index is 13.4. The summed E-state index contributed by atoms with van der Waals surface area (Å²) in [5, 5.41) is 5.99. The van der Waals surface area contributed by atoms with Gasteiger partial charge in [0.15, 0.2) is 0 Å². The van der Waals surface area contributed by atoms with Gasteiger partial charge in [-0.05, 0) is 43.7 Å². The summed E-state index contributed by atoms with van der Waals surface area (Å²) in [6.07, 6.45) is -4.82. The van der Waals surface area contributed by atoms with Crippen LogP contribution in [0.5, 0.6) is 5.75 Å². The van der Waals surface area contributed by atoms with Crippen molar-refractivity contribution < 1.29 is 26.7 Å². The molecule has 0 saturated heterocycles. The molecule has 0 saturated carbocycles. The minimum absolute atomic E-state index is 0.0136. The third-order valence-corrected chi connectivity index (χ3v) is 3.90. The number of hydrogen-bond acceptors (Lipinski definition) is 5. The summed E-state index contributed by atoms with van der Waals surface area (Å²) >= 11 is 0. The molecular formula is C21H19F5N4O. The summed E-state index contributed by atoms with van der Waals surface area (Å²) in [5.41, 5.74) is 1.06. The summed E-state index contributed by atoms with van der Waals surface area (Å²) in [6.45, 7) is 3.82. The van der Waals surface area contributed by atoms with Crippen molar-refractivity contribution in [3.05, 3.63) is 65.7 Å². The summed E-state index contributed by atoms with van der Waals surface area (Å²) in [4.78, 5) is 8.65. The fourth-order valence-corrected chi connectivity index (χ4v) is 2.77. The van der Waals surface area contributed by atoms with Crippen LogP contribution in [-0.4, -0.2) is 22.4 Å². The van der Waals surface area contributed by atoms with Gasteiger partial charge in [0.25, 0.3) is 0 Å². The number of halogens is 5. The summed E-state index contributed by atoms with van der Waals surface area (Å²) in [5.74, 6) is -1.23. The molecular weight excluding hydrogens is 419 g/mol. The lowest BCUT2D eigenvalue weighted by atomic mass is 10.1. The van der Waals surface area contributed by atoms with Crippen molar-refractivity contribution in [3.63, 3.8) is 0 Å². The minimum Gasteiger partial charge on any atom is -0.406 e. The van der Waals surface area contributed by atoms with E-state index in [1.165, 1.54) is 36.4 Å². The molecule has 0 unspecified atom stereocenters. The van der Waals surface area contributed by atoms with Crippen molar-refractivity contribution in [1.29, 1.82) is 0 Å². The Morgan fingerprint density at radius 1 is 0.968 bits per heavy atom. The van der Waals surface area contributed by atoms with Gasteiger partial charge < -0.3 is 15.4 Å². The van der Waals surface area contributed by atoms with Crippen molar-refractivity contribution in [2.24, 2.45) is 0 Å². The van der Waals surface area contributed by atoms with Crippen LogP contribution in [0, 0.1) is 11.6 Å². The number of benzene rings is 2. The molecule has 10 heteroatoms. The highest BCUT2D eigenvalue weighted by Crippen LogP contribution is 2.29. The largest absolute Gasteiger partial charge is 0.573 e. The van der Waals surface area contributed by atoms with Crippen molar-refractivity contribution in [2.75, 3.05) is 10.6 Å². The maximum absolute atomic E-state index is 13.4. The maximum Gasteiger partial charge on any atom is 0.573 e. The number of nitrogens with one attached hydrogen (secondary N) is 2. The third kappa shape index (κ3) is 6.80. The Bertz CT molecular complexity index is 1040. The van der Waals surface area contributed by atoms with Crippen LogP contribution in [0.2, 0.25) is 0 Å². The van der Waals surface area contributed by atoms with Gasteiger partial charge >= 0.3 is 6.36 Å².